The van der Waals surface area contributed by atoms with Crippen LogP contribution < -0.4 is 0 Å². The maximum atomic E-state index is 7.44. The Morgan fingerprint density at radius 1 is 0.812 bits per heavy atom. The molecule has 6 heteroatoms. The first-order valence-corrected chi connectivity index (χ1v) is 3.66. The van der Waals surface area contributed by atoms with E-state index in [4.69, 9.17) is 26.8 Å². The number of hydrogen-bond donors (Lipinski definition) is 0. The SMILES string of the molecule is CC=[N-].CC=[N-].CC=[N-].[CH2-]C#N.[CH2-]C#N.[Ru+5]. The molecule has 0 aromatic heterocycles. The van der Waals surface area contributed by atoms with Gasteiger partial charge in [-0.15, -0.1) is 12.1 Å². The van der Waals surface area contributed by atoms with E-state index in [1.807, 2.05) is 0 Å². The fraction of sp³-hybridized carbons (Fsp3) is 0.300. The van der Waals surface area contributed by atoms with Gasteiger partial charge in [-0.2, -0.15) is 0 Å². The van der Waals surface area contributed by atoms with Crippen LogP contribution in [0, 0.1) is 36.5 Å². The van der Waals surface area contributed by atoms with Gasteiger partial charge in [0.2, 0.25) is 0 Å². The molecule has 0 aromatic rings. The summed E-state index contributed by atoms with van der Waals surface area (Å²) in [5, 5.41) is 36.8. The van der Waals surface area contributed by atoms with Crippen LogP contribution in [-0.4, -0.2) is 18.6 Å². The summed E-state index contributed by atoms with van der Waals surface area (Å²) in [6.45, 7) is 10.2. The molecule has 0 saturated heterocycles. The first-order chi connectivity index (χ1) is 7.07. The fourth-order valence-corrected chi connectivity index (χ4v) is 0. The molecule has 0 aliphatic carbocycles. The number of nitrogens with zero attached hydrogens (tertiary/aromatic N) is 5. The molecule has 0 saturated carbocycles. The van der Waals surface area contributed by atoms with Gasteiger partial charge < -0.3 is 30.1 Å². The van der Waals surface area contributed by atoms with Crippen LogP contribution >= 0.6 is 0 Å². The molecule has 0 heterocycles. The van der Waals surface area contributed by atoms with E-state index in [1.165, 1.54) is 12.1 Å². The van der Waals surface area contributed by atoms with Crippen molar-refractivity contribution in [3.63, 3.8) is 0 Å². The Morgan fingerprint density at radius 3 is 0.812 bits per heavy atom. The minimum atomic E-state index is 0. The zero-order valence-corrected chi connectivity index (χ0v) is 11.5. The third-order valence-electron chi connectivity index (χ3n) is 0. The normalized spacial score (nSPS) is 3.31. The van der Waals surface area contributed by atoms with Gasteiger partial charge in [0.15, 0.2) is 0 Å². The molecular weight excluding hydrogens is 291 g/mol. The topological polar surface area (TPSA) is 114 Å². The molecule has 0 aliphatic rings. The van der Waals surface area contributed by atoms with Crippen molar-refractivity contribution in [2.75, 3.05) is 0 Å². The average Bonchev–Trinajstić information content (AvgIpc) is 2.09. The van der Waals surface area contributed by atoms with Gasteiger partial charge in [-0.3, -0.25) is 0 Å². The molecule has 0 bridgehead atoms. The van der Waals surface area contributed by atoms with E-state index in [0.29, 0.717) is 0 Å². The molecule has 0 amide bonds. The van der Waals surface area contributed by atoms with Crippen LogP contribution in [0.1, 0.15) is 20.8 Å². The zero-order chi connectivity index (χ0) is 13.5. The van der Waals surface area contributed by atoms with Crippen LogP contribution in [0.25, 0.3) is 16.2 Å². The standard InChI is InChI=1S/3C2H4N.2C2H2N.Ru/c5*1-2-3;/h3*2H,1H3;2*1H2;/q5*-1;+5. The van der Waals surface area contributed by atoms with Crippen LogP contribution in [0.5, 0.6) is 0 Å². The molecule has 0 spiro atoms. The minimum absolute atomic E-state index is 0. The summed E-state index contributed by atoms with van der Waals surface area (Å²) >= 11 is 0. The van der Waals surface area contributed by atoms with Crippen LogP contribution in [0.2, 0.25) is 0 Å². The summed E-state index contributed by atoms with van der Waals surface area (Å²) in [4.78, 5) is 0. The van der Waals surface area contributed by atoms with Gasteiger partial charge in [0.05, 0.1) is 0 Å². The summed E-state index contributed by atoms with van der Waals surface area (Å²) in [6, 6.07) is 3.00. The summed E-state index contributed by atoms with van der Waals surface area (Å²) in [7, 11) is 0. The Bertz CT molecular complexity index is 152. The van der Waals surface area contributed by atoms with E-state index in [0.717, 1.165) is 18.6 Å². The molecule has 0 atom stereocenters. The van der Waals surface area contributed by atoms with E-state index >= 15 is 0 Å². The molecule has 5 nitrogen and oxygen atoms in total. The van der Waals surface area contributed by atoms with Gasteiger partial charge in [0.25, 0.3) is 0 Å². The molecule has 1 radical (unpaired) electrons. The quantitative estimate of drug-likeness (QED) is 0.389. The zero-order valence-electron chi connectivity index (χ0n) is 9.74. The van der Waals surface area contributed by atoms with Crippen molar-refractivity contribution >= 4 is 18.6 Å². The van der Waals surface area contributed by atoms with Crippen molar-refractivity contribution in [2.45, 2.75) is 20.8 Å². The molecule has 0 N–H and O–H groups in total. The third-order valence-corrected chi connectivity index (χ3v) is 0. The molecule has 89 valence electrons. The smallest absolute Gasteiger partial charge is 0.814 e. The van der Waals surface area contributed by atoms with Crippen molar-refractivity contribution in [1.82, 2.24) is 0 Å². The van der Waals surface area contributed by atoms with Crippen molar-refractivity contribution in [1.29, 1.82) is 10.5 Å². The summed E-state index contributed by atoms with van der Waals surface area (Å²) < 4.78 is 0. The summed E-state index contributed by atoms with van der Waals surface area (Å²) in [5.41, 5.74) is 0. The molecule has 16 heavy (non-hydrogen) atoms. The van der Waals surface area contributed by atoms with E-state index in [-0.39, 0.29) is 19.5 Å². The Labute approximate surface area is 112 Å². The van der Waals surface area contributed by atoms with E-state index < -0.39 is 0 Å². The number of rotatable bonds is 0. The van der Waals surface area contributed by atoms with E-state index in [2.05, 4.69) is 13.8 Å². The fourth-order valence-electron chi connectivity index (χ4n) is 0. The largest absolute Gasteiger partial charge is 5.00 e. The predicted molar refractivity (Wildman–Crippen MR) is 67.2 cm³/mol. The maximum Gasteiger partial charge on any atom is 5.00 e. The van der Waals surface area contributed by atoms with Crippen LogP contribution in [-0.2, 0) is 19.5 Å². The first-order valence-electron chi connectivity index (χ1n) is 3.66. The molecule has 0 rings (SSSR count). The van der Waals surface area contributed by atoms with Crippen molar-refractivity contribution in [3.8, 4) is 12.1 Å². The molecule has 0 unspecified atom stereocenters. The predicted octanol–water partition coefficient (Wildman–Crippen LogP) is 2.63. The number of nitriles is 2. The molecular formula is C10H16N5Ru. The van der Waals surface area contributed by atoms with Crippen LogP contribution in [0.4, 0.5) is 0 Å². The Hall–Kier alpha value is -1.65. The first kappa shape index (κ1) is 36.7. The van der Waals surface area contributed by atoms with Crippen molar-refractivity contribution in [3.05, 3.63) is 30.1 Å². The van der Waals surface area contributed by atoms with Gasteiger partial charge >= 0.3 is 19.5 Å². The van der Waals surface area contributed by atoms with Gasteiger partial charge in [0, 0.05) is 0 Å². The summed E-state index contributed by atoms with van der Waals surface area (Å²) in [6.07, 6.45) is 3.00. The second-order valence-corrected chi connectivity index (χ2v) is 1.09. The minimum Gasteiger partial charge on any atom is -0.814 e. The second kappa shape index (κ2) is 181. The van der Waals surface area contributed by atoms with Crippen LogP contribution in [0.3, 0.4) is 0 Å². The summed E-state index contributed by atoms with van der Waals surface area (Å²) in [5.74, 6) is 0. The van der Waals surface area contributed by atoms with Crippen molar-refractivity contribution in [2.24, 2.45) is 0 Å². The number of hydrogen-bond acceptors (Lipinski definition) is 2. The van der Waals surface area contributed by atoms with Gasteiger partial charge in [-0.25, -0.2) is 29.2 Å². The monoisotopic (exact) mass is 308 g/mol. The Kier molecular flexibility index (Phi) is 415. The molecule has 0 aliphatic heterocycles. The van der Waals surface area contributed by atoms with E-state index in [9.17, 15) is 0 Å². The molecule has 0 aromatic carbocycles. The van der Waals surface area contributed by atoms with Gasteiger partial charge in [-0.05, 0) is 0 Å². The Morgan fingerprint density at radius 2 is 0.812 bits per heavy atom. The van der Waals surface area contributed by atoms with E-state index in [1.54, 1.807) is 20.8 Å². The van der Waals surface area contributed by atoms with Gasteiger partial charge in [-0.1, -0.05) is 20.8 Å². The Balaban J connectivity index is -0.0000000192. The van der Waals surface area contributed by atoms with Crippen LogP contribution in [0.15, 0.2) is 0 Å². The van der Waals surface area contributed by atoms with Crippen molar-refractivity contribution < 1.29 is 19.5 Å². The average molecular weight is 307 g/mol. The van der Waals surface area contributed by atoms with Gasteiger partial charge in [0.1, 0.15) is 0 Å². The second-order valence-electron chi connectivity index (χ2n) is 1.09. The molecule has 0 fully saturated rings. The third kappa shape index (κ3) is 587. The maximum absolute atomic E-state index is 7.44.